The van der Waals surface area contributed by atoms with Gasteiger partial charge in [-0.05, 0) is 36.7 Å². The monoisotopic (exact) mass is 225 g/mol. The number of nitrogens with zero attached hydrogens (tertiary/aromatic N) is 2. The number of anilines is 2. The van der Waals surface area contributed by atoms with Gasteiger partial charge in [-0.15, -0.1) is 0 Å². The van der Waals surface area contributed by atoms with E-state index < -0.39 is 0 Å². The summed E-state index contributed by atoms with van der Waals surface area (Å²) in [6.07, 6.45) is 4.03. The van der Waals surface area contributed by atoms with Crippen LogP contribution >= 0.6 is 11.5 Å². The zero-order chi connectivity index (χ0) is 10.4. The first-order valence-corrected chi connectivity index (χ1v) is 6.12. The number of fused-ring (bicyclic) bond motifs is 2. The van der Waals surface area contributed by atoms with E-state index in [1.54, 1.807) is 7.11 Å². The second-order valence-corrected chi connectivity index (χ2v) is 5.14. The summed E-state index contributed by atoms with van der Waals surface area (Å²) < 4.78 is 9.49. The number of nitrogens with two attached hydrogens (primary N) is 1. The highest BCUT2D eigenvalue weighted by Gasteiger charge is 2.40. The summed E-state index contributed by atoms with van der Waals surface area (Å²) in [7, 11) is 1.66. The number of hydrogen-bond acceptors (Lipinski definition) is 5. The minimum atomic E-state index is 0.528. The van der Waals surface area contributed by atoms with Crippen LogP contribution in [-0.2, 0) is 0 Å². The van der Waals surface area contributed by atoms with Crippen LogP contribution in [0.1, 0.15) is 19.3 Å². The number of rotatable bonds is 2. The molecule has 2 aliphatic rings. The van der Waals surface area contributed by atoms with Gasteiger partial charge in [0.2, 0.25) is 0 Å². The molecule has 0 spiro atoms. The Labute approximate surface area is 93.2 Å². The van der Waals surface area contributed by atoms with Gasteiger partial charge in [0.25, 0.3) is 0 Å². The van der Waals surface area contributed by atoms with Crippen molar-refractivity contribution in [2.45, 2.75) is 25.3 Å². The Morgan fingerprint density at radius 3 is 3.00 bits per heavy atom. The van der Waals surface area contributed by atoms with Crippen molar-refractivity contribution in [3.63, 3.8) is 0 Å². The lowest BCUT2D eigenvalue weighted by Gasteiger charge is -2.27. The molecule has 1 aliphatic heterocycles. The van der Waals surface area contributed by atoms with E-state index in [9.17, 15) is 0 Å². The SMILES string of the molecule is COc1c(N)nsc1N1CC2CCC1C2. The van der Waals surface area contributed by atoms with Gasteiger partial charge < -0.3 is 15.4 Å². The molecule has 0 radical (unpaired) electrons. The van der Waals surface area contributed by atoms with Crippen LogP contribution in [0.15, 0.2) is 0 Å². The van der Waals surface area contributed by atoms with E-state index in [1.165, 1.54) is 30.8 Å². The summed E-state index contributed by atoms with van der Waals surface area (Å²) in [5.41, 5.74) is 5.77. The molecule has 2 bridgehead atoms. The van der Waals surface area contributed by atoms with Gasteiger partial charge in [-0.25, -0.2) is 0 Å². The summed E-state index contributed by atoms with van der Waals surface area (Å²) >= 11 is 1.46. The first kappa shape index (κ1) is 9.27. The van der Waals surface area contributed by atoms with E-state index >= 15 is 0 Å². The van der Waals surface area contributed by atoms with E-state index in [1.807, 2.05) is 0 Å². The average Bonchev–Trinajstić information content (AvgIpc) is 2.90. The molecule has 1 aliphatic carbocycles. The van der Waals surface area contributed by atoms with Crippen LogP contribution < -0.4 is 15.4 Å². The molecule has 1 saturated heterocycles. The van der Waals surface area contributed by atoms with Crippen molar-refractivity contribution >= 4 is 22.4 Å². The number of piperidine rings is 1. The fraction of sp³-hybridized carbons (Fsp3) is 0.700. The second kappa shape index (κ2) is 3.27. The van der Waals surface area contributed by atoms with Crippen molar-refractivity contribution in [1.29, 1.82) is 0 Å². The molecule has 15 heavy (non-hydrogen) atoms. The van der Waals surface area contributed by atoms with Crippen molar-refractivity contribution in [3.05, 3.63) is 0 Å². The Hall–Kier alpha value is -0.970. The number of nitrogen functional groups attached to an aromatic ring is 1. The van der Waals surface area contributed by atoms with E-state index in [0.29, 0.717) is 11.9 Å². The zero-order valence-electron chi connectivity index (χ0n) is 8.77. The fourth-order valence-electron chi connectivity index (χ4n) is 2.83. The molecule has 0 amide bonds. The molecule has 0 aromatic carbocycles. The van der Waals surface area contributed by atoms with Crippen LogP contribution in [-0.4, -0.2) is 24.1 Å². The van der Waals surface area contributed by atoms with Crippen molar-refractivity contribution < 1.29 is 4.74 Å². The molecular weight excluding hydrogens is 210 g/mol. The van der Waals surface area contributed by atoms with Crippen molar-refractivity contribution in [1.82, 2.24) is 4.37 Å². The minimum absolute atomic E-state index is 0.528. The standard InChI is InChI=1S/C10H15N3OS/c1-14-8-9(11)12-15-10(8)13-5-6-2-3-7(13)4-6/h6-7H,2-5H2,1H3,(H2,11,12). The smallest absolute Gasteiger partial charge is 0.197 e. The van der Waals surface area contributed by atoms with Crippen molar-refractivity contribution in [2.75, 3.05) is 24.3 Å². The fourth-order valence-corrected chi connectivity index (χ4v) is 3.70. The summed E-state index contributed by atoms with van der Waals surface area (Å²) in [5, 5.41) is 1.13. The van der Waals surface area contributed by atoms with E-state index in [0.717, 1.165) is 23.2 Å². The van der Waals surface area contributed by atoms with Gasteiger partial charge >= 0.3 is 0 Å². The van der Waals surface area contributed by atoms with Gasteiger partial charge in [0.05, 0.1) is 7.11 Å². The number of hydrogen-bond donors (Lipinski definition) is 1. The van der Waals surface area contributed by atoms with Crippen LogP contribution in [0.25, 0.3) is 0 Å². The highest BCUT2D eigenvalue weighted by Crippen LogP contribution is 2.46. The molecule has 1 saturated carbocycles. The normalized spacial score (nSPS) is 28.7. The summed E-state index contributed by atoms with van der Waals surface area (Å²) in [6.45, 7) is 1.16. The van der Waals surface area contributed by atoms with Crippen molar-refractivity contribution in [2.24, 2.45) is 5.92 Å². The first-order chi connectivity index (χ1) is 7.29. The molecule has 2 atom stereocenters. The van der Waals surface area contributed by atoms with Gasteiger partial charge in [-0.1, -0.05) is 0 Å². The van der Waals surface area contributed by atoms with Crippen LogP contribution in [0.3, 0.4) is 0 Å². The first-order valence-electron chi connectivity index (χ1n) is 5.35. The maximum Gasteiger partial charge on any atom is 0.197 e. The topological polar surface area (TPSA) is 51.4 Å². The molecule has 4 nitrogen and oxygen atoms in total. The Kier molecular flexibility index (Phi) is 2.02. The maximum atomic E-state index is 5.77. The third kappa shape index (κ3) is 1.29. The van der Waals surface area contributed by atoms with Gasteiger partial charge in [0.1, 0.15) is 0 Å². The van der Waals surface area contributed by atoms with E-state index in [4.69, 9.17) is 10.5 Å². The predicted molar refractivity (Wildman–Crippen MR) is 61.6 cm³/mol. The third-order valence-electron chi connectivity index (χ3n) is 3.53. The largest absolute Gasteiger partial charge is 0.490 e. The lowest BCUT2D eigenvalue weighted by Crippen LogP contribution is -2.31. The molecule has 1 aromatic heterocycles. The molecular formula is C10H15N3OS. The molecule has 82 valence electrons. The highest BCUT2D eigenvalue weighted by molar-refractivity contribution is 7.11. The second-order valence-electron chi connectivity index (χ2n) is 4.39. The third-order valence-corrected chi connectivity index (χ3v) is 4.41. The number of methoxy groups -OCH3 is 1. The molecule has 2 fully saturated rings. The Morgan fingerprint density at radius 2 is 2.40 bits per heavy atom. The molecule has 2 unspecified atom stereocenters. The lowest BCUT2D eigenvalue weighted by atomic mass is 10.1. The average molecular weight is 225 g/mol. The molecule has 2 N–H and O–H groups in total. The summed E-state index contributed by atoms with van der Waals surface area (Å²) in [5.74, 6) is 2.18. The Balaban J connectivity index is 1.93. The predicted octanol–water partition coefficient (Wildman–Crippen LogP) is 1.72. The summed E-state index contributed by atoms with van der Waals surface area (Å²) in [6, 6.07) is 0.698. The van der Waals surface area contributed by atoms with Gasteiger partial charge in [-0.2, -0.15) is 4.37 Å². The Bertz CT molecular complexity index is 379. The van der Waals surface area contributed by atoms with Crippen LogP contribution in [0, 0.1) is 5.92 Å². The molecule has 1 aromatic rings. The number of ether oxygens (including phenoxy) is 1. The molecule has 5 heteroatoms. The molecule has 2 heterocycles. The number of aromatic nitrogens is 1. The molecule has 3 rings (SSSR count). The van der Waals surface area contributed by atoms with E-state index in [-0.39, 0.29) is 0 Å². The summed E-state index contributed by atoms with van der Waals surface area (Å²) in [4.78, 5) is 2.43. The maximum absolute atomic E-state index is 5.77. The van der Waals surface area contributed by atoms with Crippen molar-refractivity contribution in [3.8, 4) is 5.75 Å². The van der Waals surface area contributed by atoms with Gasteiger partial charge in [-0.3, -0.25) is 0 Å². The minimum Gasteiger partial charge on any atom is -0.490 e. The highest BCUT2D eigenvalue weighted by atomic mass is 32.1. The van der Waals surface area contributed by atoms with Crippen LogP contribution in [0.4, 0.5) is 10.8 Å². The quantitative estimate of drug-likeness (QED) is 0.832. The Morgan fingerprint density at radius 1 is 1.53 bits per heavy atom. The van der Waals surface area contributed by atoms with Gasteiger partial charge in [0, 0.05) is 12.6 Å². The van der Waals surface area contributed by atoms with E-state index in [2.05, 4.69) is 9.27 Å². The van der Waals surface area contributed by atoms with Gasteiger partial charge in [0.15, 0.2) is 16.6 Å². The van der Waals surface area contributed by atoms with Crippen LogP contribution in [0.5, 0.6) is 5.75 Å². The zero-order valence-corrected chi connectivity index (χ0v) is 9.59. The lowest BCUT2D eigenvalue weighted by molar-refractivity contribution is 0.415. The van der Waals surface area contributed by atoms with Crippen LogP contribution in [0.2, 0.25) is 0 Å².